The van der Waals surface area contributed by atoms with Gasteiger partial charge in [0.2, 0.25) is 0 Å². The van der Waals surface area contributed by atoms with Crippen molar-refractivity contribution in [3.8, 4) is 17.2 Å². The van der Waals surface area contributed by atoms with Crippen LogP contribution in [0.1, 0.15) is 11.3 Å². The van der Waals surface area contributed by atoms with Gasteiger partial charge in [0.1, 0.15) is 18.1 Å². The molecule has 6 heteroatoms. The molecule has 0 amide bonds. The molecule has 21 heavy (non-hydrogen) atoms. The van der Waals surface area contributed by atoms with Gasteiger partial charge in [0.15, 0.2) is 11.5 Å². The van der Waals surface area contributed by atoms with Crippen LogP contribution in [0.15, 0.2) is 30.5 Å². The second-order valence-electron chi connectivity index (χ2n) is 4.24. The van der Waals surface area contributed by atoms with E-state index in [-0.39, 0.29) is 6.61 Å². The molecule has 0 aliphatic carbocycles. The Bertz CT molecular complexity index is 620. The average Bonchev–Trinajstić information content (AvgIpc) is 2.52. The zero-order chi connectivity index (χ0) is 15.2. The maximum Gasteiger partial charge on any atom is 0.185 e. The van der Waals surface area contributed by atoms with Crippen molar-refractivity contribution in [2.75, 3.05) is 14.2 Å². The smallest absolute Gasteiger partial charge is 0.185 e. The third-order valence-corrected chi connectivity index (χ3v) is 3.21. The van der Waals surface area contributed by atoms with Gasteiger partial charge < -0.3 is 19.9 Å². The van der Waals surface area contributed by atoms with Crippen molar-refractivity contribution < 1.29 is 14.2 Å². The zero-order valence-corrected chi connectivity index (χ0v) is 12.7. The number of hydrogen-bond donors (Lipinski definition) is 1. The van der Waals surface area contributed by atoms with Gasteiger partial charge in [-0.1, -0.05) is 11.6 Å². The number of aromatic nitrogens is 1. The Morgan fingerprint density at radius 2 is 1.95 bits per heavy atom. The molecule has 0 aliphatic rings. The van der Waals surface area contributed by atoms with Crippen LogP contribution in [-0.2, 0) is 13.2 Å². The van der Waals surface area contributed by atoms with Gasteiger partial charge in [0.25, 0.3) is 0 Å². The molecule has 0 bridgehead atoms. The van der Waals surface area contributed by atoms with E-state index in [4.69, 9.17) is 31.5 Å². The lowest BCUT2D eigenvalue weighted by atomic mass is 10.2. The van der Waals surface area contributed by atoms with E-state index in [1.54, 1.807) is 44.7 Å². The number of pyridine rings is 1. The van der Waals surface area contributed by atoms with Crippen LogP contribution in [0.4, 0.5) is 0 Å². The summed E-state index contributed by atoms with van der Waals surface area (Å²) in [7, 11) is 3.14. The number of halogens is 1. The predicted molar refractivity (Wildman–Crippen MR) is 81.0 cm³/mol. The van der Waals surface area contributed by atoms with Gasteiger partial charge >= 0.3 is 0 Å². The summed E-state index contributed by atoms with van der Waals surface area (Å²) >= 11 is 5.94. The van der Waals surface area contributed by atoms with E-state index in [0.29, 0.717) is 34.5 Å². The lowest BCUT2D eigenvalue weighted by Crippen LogP contribution is -2.06. The number of nitrogens with zero attached hydrogens (tertiary/aromatic N) is 1. The molecule has 1 heterocycles. The first kappa shape index (κ1) is 15.4. The monoisotopic (exact) mass is 308 g/mol. The van der Waals surface area contributed by atoms with E-state index in [1.807, 2.05) is 0 Å². The molecule has 0 unspecified atom stereocenters. The van der Waals surface area contributed by atoms with Crippen molar-refractivity contribution in [1.82, 2.24) is 4.98 Å². The van der Waals surface area contributed by atoms with E-state index in [1.165, 1.54) is 0 Å². The molecule has 0 fully saturated rings. The summed E-state index contributed by atoms with van der Waals surface area (Å²) in [5.74, 6) is 1.85. The first-order valence-electron chi connectivity index (χ1n) is 6.36. The molecule has 2 rings (SSSR count). The van der Waals surface area contributed by atoms with E-state index >= 15 is 0 Å². The van der Waals surface area contributed by atoms with Crippen molar-refractivity contribution in [1.29, 1.82) is 0 Å². The van der Waals surface area contributed by atoms with Crippen LogP contribution in [0.3, 0.4) is 0 Å². The molecule has 1 aromatic heterocycles. The van der Waals surface area contributed by atoms with Crippen LogP contribution in [0, 0.1) is 0 Å². The van der Waals surface area contributed by atoms with Crippen LogP contribution in [0.5, 0.6) is 17.2 Å². The Kier molecular flexibility index (Phi) is 5.25. The highest BCUT2D eigenvalue weighted by Crippen LogP contribution is 2.30. The molecule has 2 N–H and O–H groups in total. The molecule has 0 atom stereocenters. The van der Waals surface area contributed by atoms with Crippen molar-refractivity contribution >= 4 is 11.6 Å². The maximum absolute atomic E-state index is 5.94. The maximum atomic E-state index is 5.94. The summed E-state index contributed by atoms with van der Waals surface area (Å²) in [5.41, 5.74) is 7.18. The number of benzene rings is 1. The molecule has 0 saturated heterocycles. The number of nitrogens with two attached hydrogens (primary N) is 1. The molecular weight excluding hydrogens is 292 g/mol. The van der Waals surface area contributed by atoms with Gasteiger partial charge in [0.05, 0.1) is 14.2 Å². The van der Waals surface area contributed by atoms with E-state index in [0.717, 1.165) is 5.56 Å². The van der Waals surface area contributed by atoms with Crippen LogP contribution in [-0.4, -0.2) is 19.2 Å². The molecule has 0 radical (unpaired) electrons. The Morgan fingerprint density at radius 1 is 1.14 bits per heavy atom. The standard InChI is InChI=1S/C15H17ClN2O3/c1-19-14-5-6-18-12(15(14)20-2)9-21-13-4-3-11(16)7-10(13)8-17/h3-7H,8-9,17H2,1-2H3. The fourth-order valence-corrected chi connectivity index (χ4v) is 2.14. The molecule has 1 aromatic carbocycles. The minimum atomic E-state index is 0.245. The van der Waals surface area contributed by atoms with Crippen LogP contribution in [0.25, 0.3) is 0 Å². The molecule has 112 valence electrons. The Balaban J connectivity index is 2.20. The summed E-state index contributed by atoms with van der Waals surface area (Å²) in [6.07, 6.45) is 1.64. The van der Waals surface area contributed by atoms with Crippen LogP contribution < -0.4 is 19.9 Å². The lowest BCUT2D eigenvalue weighted by molar-refractivity contribution is 0.282. The average molecular weight is 309 g/mol. The van der Waals surface area contributed by atoms with Gasteiger partial charge in [-0.3, -0.25) is 4.98 Å². The summed E-state index contributed by atoms with van der Waals surface area (Å²) in [6, 6.07) is 7.06. The normalized spacial score (nSPS) is 10.3. The second-order valence-corrected chi connectivity index (χ2v) is 4.67. The van der Waals surface area contributed by atoms with Crippen LogP contribution >= 0.6 is 11.6 Å². The molecule has 0 aliphatic heterocycles. The summed E-state index contributed by atoms with van der Waals surface area (Å²) in [6.45, 7) is 0.591. The highest BCUT2D eigenvalue weighted by molar-refractivity contribution is 6.30. The fourth-order valence-electron chi connectivity index (χ4n) is 1.95. The summed E-state index contributed by atoms with van der Waals surface area (Å²) in [4.78, 5) is 4.26. The summed E-state index contributed by atoms with van der Waals surface area (Å²) in [5, 5.41) is 0.625. The van der Waals surface area contributed by atoms with E-state index in [9.17, 15) is 0 Å². The number of hydrogen-bond acceptors (Lipinski definition) is 5. The molecule has 0 saturated carbocycles. The van der Waals surface area contributed by atoms with Gasteiger partial charge in [-0.05, 0) is 18.2 Å². The Hall–Kier alpha value is -1.98. The minimum Gasteiger partial charge on any atom is -0.493 e. The topological polar surface area (TPSA) is 66.6 Å². The number of methoxy groups -OCH3 is 2. The molecule has 2 aromatic rings. The van der Waals surface area contributed by atoms with E-state index < -0.39 is 0 Å². The SMILES string of the molecule is COc1ccnc(COc2ccc(Cl)cc2CN)c1OC. The Labute approximate surface area is 128 Å². The van der Waals surface area contributed by atoms with Gasteiger partial charge in [-0.15, -0.1) is 0 Å². The van der Waals surface area contributed by atoms with Crippen molar-refractivity contribution in [2.24, 2.45) is 5.73 Å². The third-order valence-electron chi connectivity index (χ3n) is 2.97. The molecular formula is C15H17ClN2O3. The molecule has 0 spiro atoms. The highest BCUT2D eigenvalue weighted by Gasteiger charge is 2.12. The van der Waals surface area contributed by atoms with Crippen LogP contribution in [0.2, 0.25) is 5.02 Å². The second kappa shape index (κ2) is 7.15. The van der Waals surface area contributed by atoms with Crippen molar-refractivity contribution in [3.05, 3.63) is 46.7 Å². The number of ether oxygens (including phenoxy) is 3. The first-order chi connectivity index (χ1) is 10.2. The number of rotatable bonds is 6. The van der Waals surface area contributed by atoms with Gasteiger partial charge in [-0.25, -0.2) is 0 Å². The predicted octanol–water partition coefficient (Wildman–Crippen LogP) is 2.79. The first-order valence-corrected chi connectivity index (χ1v) is 6.74. The van der Waals surface area contributed by atoms with Gasteiger partial charge in [-0.2, -0.15) is 0 Å². The quantitative estimate of drug-likeness (QED) is 0.889. The van der Waals surface area contributed by atoms with Gasteiger partial charge in [0, 0.05) is 29.4 Å². The Morgan fingerprint density at radius 3 is 2.62 bits per heavy atom. The fraction of sp³-hybridized carbons (Fsp3) is 0.267. The zero-order valence-electron chi connectivity index (χ0n) is 11.9. The largest absolute Gasteiger partial charge is 0.493 e. The lowest BCUT2D eigenvalue weighted by Gasteiger charge is -2.14. The van der Waals surface area contributed by atoms with E-state index in [2.05, 4.69) is 4.98 Å². The molecule has 5 nitrogen and oxygen atoms in total. The summed E-state index contributed by atoms with van der Waals surface area (Å²) < 4.78 is 16.3. The highest BCUT2D eigenvalue weighted by atomic mass is 35.5. The van der Waals surface area contributed by atoms with Crippen molar-refractivity contribution in [2.45, 2.75) is 13.2 Å². The van der Waals surface area contributed by atoms with Crippen molar-refractivity contribution in [3.63, 3.8) is 0 Å². The minimum absolute atomic E-state index is 0.245. The third kappa shape index (κ3) is 3.56.